The van der Waals surface area contributed by atoms with Gasteiger partial charge in [-0.15, -0.1) is 45.3 Å². The Kier molecular flexibility index (Phi) is 10.5. The Morgan fingerprint density at radius 3 is 0.912 bits per heavy atom. The molecule has 0 saturated carbocycles. The first-order valence-electron chi connectivity index (χ1n) is 24.7. The van der Waals surface area contributed by atoms with Crippen molar-refractivity contribution in [1.82, 2.24) is 0 Å². The zero-order valence-corrected chi connectivity index (χ0v) is 42.4. The van der Waals surface area contributed by atoms with Crippen molar-refractivity contribution in [3.63, 3.8) is 0 Å². The Morgan fingerprint density at radius 1 is 0.279 bits per heavy atom. The fraction of sp³-hybridized carbons (Fsp3) is 0.188. The summed E-state index contributed by atoms with van der Waals surface area (Å²) in [4.78, 5) is 0. The summed E-state index contributed by atoms with van der Waals surface area (Å²) in [6, 6.07) is 56.3. The second-order valence-electron chi connectivity index (χ2n) is 19.3. The van der Waals surface area contributed by atoms with Crippen molar-refractivity contribution in [3.8, 4) is 0 Å². The van der Waals surface area contributed by atoms with Crippen molar-refractivity contribution >= 4 is 169 Å². The average Bonchev–Trinajstić information content (AvgIpc) is 4.13. The molecule has 0 fully saturated rings. The minimum absolute atomic E-state index is 1.19. The van der Waals surface area contributed by atoms with Gasteiger partial charge in [0.2, 0.25) is 0 Å². The van der Waals surface area contributed by atoms with Crippen molar-refractivity contribution in [1.29, 1.82) is 0 Å². The van der Waals surface area contributed by atoms with E-state index in [-0.39, 0.29) is 0 Å². The van der Waals surface area contributed by atoms with Gasteiger partial charge in [0.05, 0.1) is 0 Å². The van der Waals surface area contributed by atoms with Crippen molar-refractivity contribution in [2.75, 3.05) is 0 Å². The molecule has 0 unspecified atom stereocenters. The van der Waals surface area contributed by atoms with E-state index < -0.39 is 0 Å². The Bertz CT molecular complexity index is 4040. The van der Waals surface area contributed by atoms with Crippen molar-refractivity contribution in [2.45, 2.75) is 79.1 Å². The van der Waals surface area contributed by atoms with Gasteiger partial charge in [-0.25, -0.2) is 0 Å². The molecule has 0 N–H and O–H groups in total. The lowest BCUT2D eigenvalue weighted by molar-refractivity contribution is 0.718. The van der Waals surface area contributed by atoms with Gasteiger partial charge in [-0.3, -0.25) is 0 Å². The van der Waals surface area contributed by atoms with E-state index in [9.17, 15) is 0 Å². The topological polar surface area (TPSA) is 0 Å². The van der Waals surface area contributed by atoms with Crippen LogP contribution in [0.5, 0.6) is 0 Å². The first-order chi connectivity index (χ1) is 33.4. The van der Waals surface area contributed by atoms with Crippen LogP contribution in [0.2, 0.25) is 0 Å². The number of hydrogen-bond acceptors (Lipinski definition) is 4. The molecule has 0 radical (unpaired) electrons. The Labute approximate surface area is 413 Å². The SMILES string of the molecule is CCCCCc1ccc2sc3c4cc5ccc6c7cc(CCCCC)ccc7sc6c5cc4ccc3c2c1.Cc1ccc2sc3c4cc5ccc6c7cc(C)ccc7sc6c5cc4ccc3c2c1. The molecule has 0 nitrogen and oxygen atoms in total. The number of thiophene rings is 4. The number of unbranched alkanes of at least 4 members (excludes halogenated alkanes) is 4. The molecular formula is C64H52S4. The Balaban J connectivity index is 0.000000138. The molecule has 0 saturated heterocycles. The van der Waals surface area contributed by atoms with Gasteiger partial charge in [0.25, 0.3) is 0 Å². The molecule has 0 aliphatic rings. The lowest BCUT2D eigenvalue weighted by Gasteiger charge is -2.06. The molecular weight excluding hydrogens is 897 g/mol. The van der Waals surface area contributed by atoms with Crippen molar-refractivity contribution in [2.24, 2.45) is 0 Å². The van der Waals surface area contributed by atoms with E-state index >= 15 is 0 Å². The average molecular weight is 949 g/mol. The Morgan fingerprint density at radius 2 is 0.588 bits per heavy atom. The minimum atomic E-state index is 1.19. The van der Waals surface area contributed by atoms with E-state index in [0.717, 1.165) is 0 Å². The zero-order chi connectivity index (χ0) is 45.6. The second kappa shape index (κ2) is 17.0. The van der Waals surface area contributed by atoms with Gasteiger partial charge in [0, 0.05) is 102 Å². The number of rotatable bonds is 8. The summed E-state index contributed by atoms with van der Waals surface area (Å²) in [7, 11) is 0. The van der Waals surface area contributed by atoms with E-state index in [1.807, 2.05) is 45.3 Å². The fourth-order valence-electron chi connectivity index (χ4n) is 11.0. The second-order valence-corrected chi connectivity index (χ2v) is 23.5. The molecule has 0 aliphatic carbocycles. The van der Waals surface area contributed by atoms with E-state index in [2.05, 4.69) is 173 Å². The van der Waals surface area contributed by atoms with Crippen molar-refractivity contribution in [3.05, 3.63) is 168 Å². The normalized spacial score (nSPS) is 12.3. The maximum atomic E-state index is 2.45. The van der Waals surface area contributed by atoms with Crippen LogP contribution >= 0.6 is 45.3 Å². The van der Waals surface area contributed by atoms with Crippen LogP contribution in [0, 0.1) is 13.8 Å². The summed E-state index contributed by atoms with van der Waals surface area (Å²) in [5, 5.41) is 22.1. The third-order valence-corrected chi connectivity index (χ3v) is 19.5. The molecule has 4 heterocycles. The fourth-order valence-corrected chi connectivity index (χ4v) is 15.9. The zero-order valence-electron chi connectivity index (χ0n) is 39.1. The first-order valence-corrected chi connectivity index (χ1v) is 27.9. The third-order valence-electron chi connectivity index (χ3n) is 14.6. The van der Waals surface area contributed by atoms with E-state index in [1.54, 1.807) is 0 Å². The molecule has 0 spiro atoms. The lowest BCUT2D eigenvalue weighted by atomic mass is 9.98. The highest BCUT2D eigenvalue weighted by Crippen LogP contribution is 2.46. The smallest absolute Gasteiger partial charge is 0.0434 e. The predicted molar refractivity (Wildman–Crippen MR) is 310 cm³/mol. The molecule has 0 bridgehead atoms. The minimum Gasteiger partial charge on any atom is -0.135 e. The predicted octanol–water partition coefficient (Wildman–Crippen LogP) is 21.5. The van der Waals surface area contributed by atoms with Crippen molar-refractivity contribution < 1.29 is 0 Å². The lowest BCUT2D eigenvalue weighted by Crippen LogP contribution is -1.84. The van der Waals surface area contributed by atoms with E-state index in [4.69, 9.17) is 0 Å². The number of aryl methyl sites for hydroxylation is 4. The highest BCUT2D eigenvalue weighted by atomic mass is 32.1. The maximum Gasteiger partial charge on any atom is 0.0434 e. The molecule has 0 aliphatic heterocycles. The molecule has 0 amide bonds. The monoisotopic (exact) mass is 948 g/mol. The molecule has 68 heavy (non-hydrogen) atoms. The quantitative estimate of drug-likeness (QED) is 0.105. The standard InChI is InChI=1S/C36H34S2.C28H18S2/c1-3-5-7-9-23-11-17-33-31(19-23)27-15-13-25-22-30-26(21-29(25)35(27)37-33)14-16-28-32-20-24(10-8-6-4-2)12-18-34(32)38-36(28)30;1-15-3-9-25-23(11-15)19-7-5-17-14-22-18(13-21(17)27(19)29-25)6-8-20-24-12-16(2)4-10-26(24)30-28(20)22/h11-22H,3-10H2,1-2H3;3-14H,1-2H3. The Hall–Kier alpha value is -5.88. The van der Waals surface area contributed by atoms with Crippen LogP contribution in [0.4, 0.5) is 0 Å². The maximum absolute atomic E-state index is 2.45. The first kappa shape index (κ1) is 42.2. The summed E-state index contributed by atoms with van der Waals surface area (Å²) in [5.41, 5.74) is 5.60. The van der Waals surface area contributed by atoms with Crippen LogP contribution in [-0.2, 0) is 12.8 Å². The highest BCUT2D eigenvalue weighted by molar-refractivity contribution is 7.28. The molecule has 10 aromatic carbocycles. The highest BCUT2D eigenvalue weighted by Gasteiger charge is 2.16. The van der Waals surface area contributed by atoms with Gasteiger partial charge >= 0.3 is 0 Å². The summed E-state index contributed by atoms with van der Waals surface area (Å²) >= 11 is 7.75. The van der Waals surface area contributed by atoms with Crippen LogP contribution in [0.1, 0.15) is 74.6 Å². The number of benzene rings is 10. The largest absolute Gasteiger partial charge is 0.135 e. The van der Waals surface area contributed by atoms with Gasteiger partial charge in [0.1, 0.15) is 0 Å². The van der Waals surface area contributed by atoms with E-state index in [0.29, 0.717) is 0 Å². The number of fused-ring (bicyclic) bond motifs is 20. The molecule has 14 aromatic rings. The molecule has 4 heteroatoms. The third kappa shape index (κ3) is 7.09. The summed E-state index contributed by atoms with van der Waals surface area (Å²) in [6.07, 6.45) is 10.1. The van der Waals surface area contributed by atoms with Crippen LogP contribution in [0.3, 0.4) is 0 Å². The van der Waals surface area contributed by atoms with Gasteiger partial charge in [-0.1, -0.05) is 123 Å². The van der Waals surface area contributed by atoms with Crippen LogP contribution < -0.4 is 0 Å². The summed E-state index contributed by atoms with van der Waals surface area (Å²) < 4.78 is 11.2. The molecule has 4 aromatic heterocycles. The van der Waals surface area contributed by atoms with Gasteiger partial charge < -0.3 is 0 Å². The van der Waals surface area contributed by atoms with Crippen LogP contribution in [-0.4, -0.2) is 0 Å². The van der Waals surface area contributed by atoms with E-state index in [1.165, 1.54) is 197 Å². The van der Waals surface area contributed by atoms with Gasteiger partial charge in [-0.2, -0.15) is 0 Å². The number of hydrogen-bond donors (Lipinski definition) is 0. The molecule has 332 valence electrons. The van der Waals surface area contributed by atoms with Crippen LogP contribution in [0.15, 0.2) is 146 Å². The molecule has 0 atom stereocenters. The van der Waals surface area contributed by atoms with Crippen LogP contribution in [0.25, 0.3) is 124 Å². The van der Waals surface area contributed by atoms with Gasteiger partial charge in [-0.05, 0) is 145 Å². The summed E-state index contributed by atoms with van der Waals surface area (Å²) in [5.74, 6) is 0. The van der Waals surface area contributed by atoms with Gasteiger partial charge in [0.15, 0.2) is 0 Å². The molecule has 14 rings (SSSR count). The summed E-state index contributed by atoms with van der Waals surface area (Å²) in [6.45, 7) is 8.91.